The monoisotopic (exact) mass is 198 g/mol. The third kappa shape index (κ3) is 3.25. The SMILES string of the molecule is CCC(N)CCN1C(C)CCCC1C. The van der Waals surface area contributed by atoms with Crippen LogP contribution in [-0.4, -0.2) is 29.6 Å². The summed E-state index contributed by atoms with van der Waals surface area (Å²) in [6, 6.07) is 1.93. The molecule has 2 heteroatoms. The third-order valence-corrected chi connectivity index (χ3v) is 3.66. The van der Waals surface area contributed by atoms with E-state index in [1.807, 2.05) is 0 Å². The summed E-state index contributed by atoms with van der Waals surface area (Å²) >= 11 is 0. The van der Waals surface area contributed by atoms with Gasteiger partial charge in [0.25, 0.3) is 0 Å². The summed E-state index contributed by atoms with van der Waals surface area (Å²) < 4.78 is 0. The molecule has 1 fully saturated rings. The molecular formula is C12H26N2. The van der Waals surface area contributed by atoms with Crippen molar-refractivity contribution >= 4 is 0 Å². The maximum absolute atomic E-state index is 5.95. The number of hydrogen-bond donors (Lipinski definition) is 1. The van der Waals surface area contributed by atoms with Gasteiger partial charge >= 0.3 is 0 Å². The molecule has 3 atom stereocenters. The Bertz CT molecular complexity index is 148. The van der Waals surface area contributed by atoms with E-state index in [0.717, 1.165) is 24.9 Å². The first-order valence-electron chi connectivity index (χ1n) is 6.16. The Morgan fingerprint density at radius 3 is 2.36 bits per heavy atom. The van der Waals surface area contributed by atoms with Crippen LogP contribution >= 0.6 is 0 Å². The highest BCUT2D eigenvalue weighted by molar-refractivity contribution is 4.80. The highest BCUT2D eigenvalue weighted by Crippen LogP contribution is 2.22. The van der Waals surface area contributed by atoms with Crippen molar-refractivity contribution in [3.05, 3.63) is 0 Å². The van der Waals surface area contributed by atoms with Crippen molar-refractivity contribution in [1.29, 1.82) is 0 Å². The fraction of sp³-hybridized carbons (Fsp3) is 1.00. The second kappa shape index (κ2) is 5.72. The molecule has 0 radical (unpaired) electrons. The van der Waals surface area contributed by atoms with Crippen LogP contribution in [0.4, 0.5) is 0 Å². The molecule has 1 saturated heterocycles. The molecule has 2 N–H and O–H groups in total. The van der Waals surface area contributed by atoms with Gasteiger partial charge in [-0.15, -0.1) is 0 Å². The van der Waals surface area contributed by atoms with E-state index in [4.69, 9.17) is 5.73 Å². The van der Waals surface area contributed by atoms with Gasteiger partial charge < -0.3 is 5.73 Å². The van der Waals surface area contributed by atoms with Crippen LogP contribution < -0.4 is 5.73 Å². The average Bonchev–Trinajstić information content (AvgIpc) is 2.16. The van der Waals surface area contributed by atoms with E-state index >= 15 is 0 Å². The maximum atomic E-state index is 5.95. The lowest BCUT2D eigenvalue weighted by Crippen LogP contribution is -2.45. The molecule has 0 aromatic rings. The van der Waals surface area contributed by atoms with Crippen LogP contribution in [0.15, 0.2) is 0 Å². The molecule has 2 nitrogen and oxygen atoms in total. The van der Waals surface area contributed by atoms with Crippen LogP contribution in [0.2, 0.25) is 0 Å². The first kappa shape index (κ1) is 12.0. The molecule has 0 saturated carbocycles. The summed E-state index contributed by atoms with van der Waals surface area (Å²) in [5.41, 5.74) is 5.95. The molecule has 0 bridgehead atoms. The van der Waals surface area contributed by atoms with Crippen molar-refractivity contribution in [2.24, 2.45) is 5.73 Å². The van der Waals surface area contributed by atoms with Gasteiger partial charge in [0.15, 0.2) is 0 Å². The molecule has 3 unspecified atom stereocenters. The van der Waals surface area contributed by atoms with Gasteiger partial charge in [-0.25, -0.2) is 0 Å². The quantitative estimate of drug-likeness (QED) is 0.751. The molecular weight excluding hydrogens is 172 g/mol. The normalized spacial score (nSPS) is 31.7. The van der Waals surface area contributed by atoms with Crippen molar-refractivity contribution in [3.63, 3.8) is 0 Å². The zero-order valence-corrected chi connectivity index (χ0v) is 10.00. The van der Waals surface area contributed by atoms with Gasteiger partial charge in [-0.2, -0.15) is 0 Å². The summed E-state index contributed by atoms with van der Waals surface area (Å²) in [6.45, 7) is 8.07. The zero-order valence-electron chi connectivity index (χ0n) is 10.00. The van der Waals surface area contributed by atoms with Crippen LogP contribution in [-0.2, 0) is 0 Å². The molecule has 14 heavy (non-hydrogen) atoms. The van der Waals surface area contributed by atoms with Gasteiger partial charge in [0.05, 0.1) is 0 Å². The topological polar surface area (TPSA) is 29.3 Å². The van der Waals surface area contributed by atoms with Crippen molar-refractivity contribution < 1.29 is 0 Å². The minimum atomic E-state index is 0.399. The Morgan fingerprint density at radius 2 is 1.86 bits per heavy atom. The van der Waals surface area contributed by atoms with Gasteiger partial charge in [0, 0.05) is 24.7 Å². The maximum Gasteiger partial charge on any atom is 0.00697 e. The Balaban J connectivity index is 2.32. The van der Waals surface area contributed by atoms with Crippen LogP contribution in [0.25, 0.3) is 0 Å². The standard InChI is InChI=1S/C12H26N2/c1-4-12(13)8-9-14-10(2)6-5-7-11(14)3/h10-12H,4-9,13H2,1-3H3. The van der Waals surface area contributed by atoms with E-state index in [0.29, 0.717) is 6.04 Å². The molecule has 1 rings (SSSR count). The molecule has 0 aliphatic carbocycles. The zero-order chi connectivity index (χ0) is 10.6. The van der Waals surface area contributed by atoms with E-state index in [2.05, 4.69) is 25.7 Å². The van der Waals surface area contributed by atoms with Crippen LogP contribution in [0.1, 0.15) is 52.9 Å². The highest BCUT2D eigenvalue weighted by Gasteiger charge is 2.24. The number of hydrogen-bond acceptors (Lipinski definition) is 2. The number of likely N-dealkylation sites (tertiary alicyclic amines) is 1. The Labute approximate surface area is 88.8 Å². The number of piperidine rings is 1. The van der Waals surface area contributed by atoms with E-state index in [-0.39, 0.29) is 0 Å². The van der Waals surface area contributed by atoms with E-state index < -0.39 is 0 Å². The smallest absolute Gasteiger partial charge is 0.00697 e. The predicted molar refractivity (Wildman–Crippen MR) is 62.4 cm³/mol. The van der Waals surface area contributed by atoms with Crippen molar-refractivity contribution in [1.82, 2.24) is 4.90 Å². The average molecular weight is 198 g/mol. The lowest BCUT2D eigenvalue weighted by Gasteiger charge is -2.39. The van der Waals surface area contributed by atoms with Gasteiger partial charge in [0.2, 0.25) is 0 Å². The Morgan fingerprint density at radius 1 is 1.29 bits per heavy atom. The fourth-order valence-corrected chi connectivity index (χ4v) is 2.43. The van der Waals surface area contributed by atoms with Crippen LogP contribution in [0, 0.1) is 0 Å². The summed E-state index contributed by atoms with van der Waals surface area (Å²) in [5, 5.41) is 0. The fourth-order valence-electron chi connectivity index (χ4n) is 2.43. The summed E-state index contributed by atoms with van der Waals surface area (Å²) in [5.74, 6) is 0. The molecule has 1 aliphatic heterocycles. The van der Waals surface area contributed by atoms with Gasteiger partial charge in [-0.1, -0.05) is 13.3 Å². The van der Waals surface area contributed by atoms with Gasteiger partial charge in [-0.05, 0) is 39.5 Å². The number of nitrogens with zero attached hydrogens (tertiary/aromatic N) is 1. The first-order chi connectivity index (χ1) is 6.65. The van der Waals surface area contributed by atoms with E-state index in [1.165, 1.54) is 25.8 Å². The second-order valence-electron chi connectivity index (χ2n) is 4.82. The third-order valence-electron chi connectivity index (χ3n) is 3.66. The summed E-state index contributed by atoms with van der Waals surface area (Å²) in [7, 11) is 0. The largest absolute Gasteiger partial charge is 0.328 e. The molecule has 0 aromatic carbocycles. The van der Waals surface area contributed by atoms with E-state index in [1.54, 1.807) is 0 Å². The van der Waals surface area contributed by atoms with Crippen molar-refractivity contribution in [2.75, 3.05) is 6.54 Å². The lowest BCUT2D eigenvalue weighted by molar-refractivity contribution is 0.0995. The van der Waals surface area contributed by atoms with Crippen LogP contribution in [0.3, 0.4) is 0 Å². The Hall–Kier alpha value is -0.0800. The molecule has 1 aliphatic rings. The molecule has 1 heterocycles. The first-order valence-corrected chi connectivity index (χ1v) is 6.16. The molecule has 0 spiro atoms. The highest BCUT2D eigenvalue weighted by atomic mass is 15.2. The lowest BCUT2D eigenvalue weighted by atomic mass is 9.97. The van der Waals surface area contributed by atoms with Gasteiger partial charge in [0.1, 0.15) is 0 Å². The predicted octanol–water partition coefficient (Wildman–Crippen LogP) is 2.38. The van der Waals surface area contributed by atoms with Crippen molar-refractivity contribution in [3.8, 4) is 0 Å². The molecule has 0 amide bonds. The summed E-state index contributed by atoms with van der Waals surface area (Å²) in [4.78, 5) is 2.64. The molecule has 84 valence electrons. The minimum absolute atomic E-state index is 0.399. The van der Waals surface area contributed by atoms with E-state index in [9.17, 15) is 0 Å². The summed E-state index contributed by atoms with van der Waals surface area (Å²) in [6.07, 6.45) is 6.40. The molecule has 0 aromatic heterocycles. The number of rotatable bonds is 4. The van der Waals surface area contributed by atoms with Crippen LogP contribution in [0.5, 0.6) is 0 Å². The minimum Gasteiger partial charge on any atom is -0.328 e. The second-order valence-corrected chi connectivity index (χ2v) is 4.82. The Kier molecular flexibility index (Phi) is 4.90. The van der Waals surface area contributed by atoms with Gasteiger partial charge in [-0.3, -0.25) is 4.90 Å². The van der Waals surface area contributed by atoms with Crippen molar-refractivity contribution in [2.45, 2.75) is 71.0 Å². The number of nitrogens with two attached hydrogens (primary N) is 1.